The molecule has 1 unspecified atom stereocenters. The predicted octanol–water partition coefficient (Wildman–Crippen LogP) is 4.12. The molecule has 4 rings (SSSR count). The Morgan fingerprint density at radius 2 is 2.08 bits per heavy atom. The number of fused-ring (bicyclic) bond motifs is 3. The van der Waals surface area contributed by atoms with Gasteiger partial charge in [-0.2, -0.15) is 0 Å². The summed E-state index contributed by atoms with van der Waals surface area (Å²) in [5.41, 5.74) is 3.08. The molecule has 0 saturated heterocycles. The van der Waals surface area contributed by atoms with E-state index in [2.05, 4.69) is 17.5 Å². The van der Waals surface area contributed by atoms with E-state index in [4.69, 9.17) is 0 Å². The van der Waals surface area contributed by atoms with Crippen LogP contribution in [-0.2, 0) is 0 Å². The molecule has 1 aliphatic carbocycles. The predicted molar refractivity (Wildman–Crippen MR) is 92.8 cm³/mol. The summed E-state index contributed by atoms with van der Waals surface area (Å²) < 4.78 is 0. The zero-order valence-electron chi connectivity index (χ0n) is 13.3. The van der Waals surface area contributed by atoms with Gasteiger partial charge in [0.15, 0.2) is 0 Å². The third-order valence-electron chi connectivity index (χ3n) is 5.05. The number of carboxylic acids is 1. The maximum atomic E-state index is 11.3. The highest BCUT2D eigenvalue weighted by Crippen LogP contribution is 2.50. The van der Waals surface area contributed by atoms with E-state index in [0.29, 0.717) is 0 Å². The number of nitro benzene ring substituents is 1. The number of anilines is 1. The second kappa shape index (κ2) is 5.73. The molecule has 1 heterocycles. The van der Waals surface area contributed by atoms with Gasteiger partial charge in [0.25, 0.3) is 5.69 Å². The van der Waals surface area contributed by atoms with Gasteiger partial charge >= 0.3 is 5.97 Å². The SMILES string of the molecule is O=C(O)c1ccc2c(c1)[C@@H]1C=CC[C@@H]1C(c1cccc([N+](=O)[O-])c1)N2. The first-order valence-electron chi connectivity index (χ1n) is 8.09. The van der Waals surface area contributed by atoms with Crippen molar-refractivity contribution in [3.63, 3.8) is 0 Å². The lowest BCUT2D eigenvalue weighted by Gasteiger charge is -2.37. The summed E-state index contributed by atoms with van der Waals surface area (Å²) in [6.45, 7) is 0. The summed E-state index contributed by atoms with van der Waals surface area (Å²) in [4.78, 5) is 22.0. The number of nitrogens with one attached hydrogen (secondary N) is 1. The monoisotopic (exact) mass is 336 g/mol. The smallest absolute Gasteiger partial charge is 0.335 e. The molecule has 0 fully saturated rings. The molecule has 0 aromatic heterocycles. The highest BCUT2D eigenvalue weighted by molar-refractivity contribution is 5.89. The van der Waals surface area contributed by atoms with Crippen molar-refractivity contribution >= 4 is 17.3 Å². The van der Waals surface area contributed by atoms with Gasteiger partial charge in [0.2, 0.25) is 0 Å². The Balaban J connectivity index is 1.77. The summed E-state index contributed by atoms with van der Waals surface area (Å²) in [6.07, 6.45) is 5.06. The van der Waals surface area contributed by atoms with E-state index >= 15 is 0 Å². The number of hydrogen-bond donors (Lipinski definition) is 2. The molecule has 126 valence electrons. The van der Waals surface area contributed by atoms with Gasteiger partial charge in [-0.05, 0) is 41.7 Å². The van der Waals surface area contributed by atoms with Crippen LogP contribution in [0.15, 0.2) is 54.6 Å². The Morgan fingerprint density at radius 3 is 2.84 bits per heavy atom. The number of nitrogens with zero attached hydrogens (tertiary/aromatic N) is 1. The fourth-order valence-corrected chi connectivity index (χ4v) is 3.89. The molecule has 2 aromatic carbocycles. The van der Waals surface area contributed by atoms with E-state index in [0.717, 1.165) is 23.2 Å². The van der Waals surface area contributed by atoms with Crippen LogP contribution < -0.4 is 5.32 Å². The van der Waals surface area contributed by atoms with E-state index in [1.54, 1.807) is 30.3 Å². The van der Waals surface area contributed by atoms with Gasteiger partial charge in [-0.3, -0.25) is 10.1 Å². The molecule has 0 bridgehead atoms. The molecule has 2 N–H and O–H groups in total. The molecule has 2 aromatic rings. The maximum Gasteiger partial charge on any atom is 0.335 e. The minimum Gasteiger partial charge on any atom is -0.478 e. The van der Waals surface area contributed by atoms with E-state index in [-0.39, 0.29) is 34.1 Å². The second-order valence-corrected chi connectivity index (χ2v) is 6.43. The number of nitro groups is 1. The fraction of sp³-hybridized carbons (Fsp3) is 0.211. The number of rotatable bonds is 3. The first kappa shape index (κ1) is 15.4. The molecule has 2 aliphatic rings. The van der Waals surface area contributed by atoms with Gasteiger partial charge in [0.1, 0.15) is 0 Å². The summed E-state index contributed by atoms with van der Waals surface area (Å²) in [6, 6.07) is 11.7. The normalized spacial score (nSPS) is 23.4. The minimum atomic E-state index is -0.942. The molecule has 0 saturated carbocycles. The highest BCUT2D eigenvalue weighted by Gasteiger charge is 2.38. The summed E-state index contributed by atoms with van der Waals surface area (Å²) >= 11 is 0. The number of hydrogen-bond acceptors (Lipinski definition) is 4. The number of carboxylic acid groups (broad SMARTS) is 1. The molecule has 1 aliphatic heterocycles. The van der Waals surface area contributed by atoms with E-state index in [1.165, 1.54) is 6.07 Å². The van der Waals surface area contributed by atoms with Gasteiger partial charge in [-0.15, -0.1) is 0 Å². The molecule has 0 amide bonds. The number of non-ortho nitro benzene ring substituents is 1. The van der Waals surface area contributed by atoms with Crippen molar-refractivity contribution in [1.29, 1.82) is 0 Å². The van der Waals surface area contributed by atoms with Gasteiger partial charge in [-0.25, -0.2) is 4.79 Å². The molecule has 0 radical (unpaired) electrons. The Kier molecular flexibility index (Phi) is 3.53. The average molecular weight is 336 g/mol. The number of allylic oxidation sites excluding steroid dienone is 2. The van der Waals surface area contributed by atoms with Gasteiger partial charge in [-0.1, -0.05) is 24.3 Å². The Hall–Kier alpha value is -3.15. The lowest BCUT2D eigenvalue weighted by molar-refractivity contribution is -0.384. The molecule has 3 atom stereocenters. The third kappa shape index (κ3) is 2.55. The van der Waals surface area contributed by atoms with Crippen LogP contribution in [-0.4, -0.2) is 16.0 Å². The van der Waals surface area contributed by atoms with Crippen molar-refractivity contribution < 1.29 is 14.8 Å². The van der Waals surface area contributed by atoms with Crippen molar-refractivity contribution in [2.45, 2.75) is 18.4 Å². The molecular formula is C19H16N2O4. The minimum absolute atomic E-state index is 0.0527. The Bertz CT molecular complexity index is 906. The van der Waals surface area contributed by atoms with E-state index in [1.807, 2.05) is 6.07 Å². The van der Waals surface area contributed by atoms with Crippen molar-refractivity contribution in [2.24, 2.45) is 5.92 Å². The molecule has 25 heavy (non-hydrogen) atoms. The van der Waals surface area contributed by atoms with Gasteiger partial charge in [0.05, 0.1) is 16.5 Å². The summed E-state index contributed by atoms with van der Waals surface area (Å²) in [5.74, 6) is -0.625. The van der Waals surface area contributed by atoms with Crippen LogP contribution in [0, 0.1) is 16.0 Å². The quantitative estimate of drug-likeness (QED) is 0.500. The van der Waals surface area contributed by atoms with E-state index in [9.17, 15) is 20.0 Å². The van der Waals surface area contributed by atoms with Crippen molar-refractivity contribution in [1.82, 2.24) is 0 Å². The van der Waals surface area contributed by atoms with Gasteiger partial charge in [0, 0.05) is 23.7 Å². The summed E-state index contributed by atoms with van der Waals surface area (Å²) in [7, 11) is 0. The Labute approximate surface area is 144 Å². The zero-order chi connectivity index (χ0) is 17.6. The molecular weight excluding hydrogens is 320 g/mol. The largest absolute Gasteiger partial charge is 0.478 e. The van der Waals surface area contributed by atoms with E-state index < -0.39 is 5.97 Å². The molecule has 0 spiro atoms. The van der Waals surface area contributed by atoms with Crippen LogP contribution in [0.4, 0.5) is 11.4 Å². The topological polar surface area (TPSA) is 92.5 Å². The maximum absolute atomic E-state index is 11.3. The fourth-order valence-electron chi connectivity index (χ4n) is 3.89. The molecule has 6 nitrogen and oxygen atoms in total. The number of benzene rings is 2. The van der Waals surface area contributed by atoms with Crippen LogP contribution in [0.5, 0.6) is 0 Å². The Morgan fingerprint density at radius 1 is 1.24 bits per heavy atom. The van der Waals surface area contributed by atoms with Crippen molar-refractivity contribution in [2.75, 3.05) is 5.32 Å². The van der Waals surface area contributed by atoms with Crippen LogP contribution in [0.25, 0.3) is 0 Å². The average Bonchev–Trinajstić information content (AvgIpc) is 3.10. The van der Waals surface area contributed by atoms with Gasteiger partial charge < -0.3 is 10.4 Å². The van der Waals surface area contributed by atoms with Crippen LogP contribution in [0.2, 0.25) is 0 Å². The van der Waals surface area contributed by atoms with Crippen molar-refractivity contribution in [3.05, 3.63) is 81.4 Å². The standard InChI is InChI=1S/C19H16N2O4/c22-19(23)12-7-8-17-16(10-12)14-5-2-6-15(14)18(20-17)11-3-1-4-13(9-11)21(24)25/h1-5,7-10,14-15,18,20H,6H2,(H,22,23)/t14-,15+,18?/m1/s1. The lowest BCUT2D eigenvalue weighted by atomic mass is 9.76. The zero-order valence-corrected chi connectivity index (χ0v) is 13.3. The first-order valence-corrected chi connectivity index (χ1v) is 8.09. The second-order valence-electron chi connectivity index (χ2n) is 6.43. The summed E-state index contributed by atoms with van der Waals surface area (Å²) in [5, 5.41) is 23.8. The number of carbonyl (C=O) groups is 1. The molecule has 6 heteroatoms. The van der Waals surface area contributed by atoms with Crippen molar-refractivity contribution in [3.8, 4) is 0 Å². The first-order chi connectivity index (χ1) is 12.0. The third-order valence-corrected chi connectivity index (χ3v) is 5.05. The highest BCUT2D eigenvalue weighted by atomic mass is 16.6. The number of aromatic carboxylic acids is 1. The van der Waals surface area contributed by atoms with Crippen LogP contribution in [0.3, 0.4) is 0 Å². The van der Waals surface area contributed by atoms with Crippen LogP contribution in [0.1, 0.15) is 39.9 Å². The lowest BCUT2D eigenvalue weighted by Crippen LogP contribution is -2.29. The van der Waals surface area contributed by atoms with Crippen LogP contribution >= 0.6 is 0 Å².